The lowest BCUT2D eigenvalue weighted by molar-refractivity contribution is -0.120. The number of nitrogen functional groups attached to an aromatic ring is 1. The minimum absolute atomic E-state index is 0.0630. The molecule has 3 N–H and O–H groups in total. The molecule has 0 fully saturated rings. The second kappa shape index (κ2) is 7.23. The van der Waals surface area contributed by atoms with Crippen molar-refractivity contribution in [2.45, 2.75) is 19.4 Å². The van der Waals surface area contributed by atoms with Crippen LogP contribution in [0.1, 0.15) is 27.7 Å². The quantitative estimate of drug-likeness (QED) is 0.749. The maximum atomic E-state index is 12.5. The van der Waals surface area contributed by atoms with Crippen LogP contribution >= 0.6 is 11.3 Å². The maximum Gasteiger partial charge on any atom is 0.225 e. The van der Waals surface area contributed by atoms with Gasteiger partial charge in [-0.15, -0.1) is 10.2 Å². The lowest BCUT2D eigenvalue weighted by Gasteiger charge is -2.17. The van der Waals surface area contributed by atoms with E-state index in [1.165, 1.54) is 11.3 Å². The summed E-state index contributed by atoms with van der Waals surface area (Å²) in [6.45, 7) is 2.00. The largest absolute Gasteiger partial charge is 0.374 e. The molecular formula is C18H18N4OS. The summed E-state index contributed by atoms with van der Waals surface area (Å²) in [7, 11) is 0. The van der Waals surface area contributed by atoms with Crippen molar-refractivity contribution in [3.63, 3.8) is 0 Å². The highest BCUT2D eigenvalue weighted by Crippen LogP contribution is 2.26. The average molecular weight is 338 g/mol. The van der Waals surface area contributed by atoms with Gasteiger partial charge in [-0.25, -0.2) is 0 Å². The molecule has 1 unspecified atom stereocenters. The standard InChI is InChI=1S/C18H18N4OS/c1-12-7-5-6-10-14(12)11-15(23)20-16(13-8-3-2-4-9-13)17-21-22-18(19)24-17/h2-10,16H,11H2,1H3,(H2,19,22)(H,20,23). The highest BCUT2D eigenvalue weighted by molar-refractivity contribution is 7.15. The first-order chi connectivity index (χ1) is 11.6. The number of hydrogen-bond acceptors (Lipinski definition) is 5. The Hall–Kier alpha value is -2.73. The zero-order valence-corrected chi connectivity index (χ0v) is 14.1. The Kier molecular flexibility index (Phi) is 4.86. The van der Waals surface area contributed by atoms with Gasteiger partial charge in [-0.3, -0.25) is 4.79 Å². The summed E-state index contributed by atoms with van der Waals surface area (Å²) in [4.78, 5) is 12.5. The predicted molar refractivity (Wildman–Crippen MR) is 95.6 cm³/mol. The fourth-order valence-electron chi connectivity index (χ4n) is 2.49. The summed E-state index contributed by atoms with van der Waals surface area (Å²) in [5.41, 5.74) is 8.77. The van der Waals surface area contributed by atoms with E-state index in [2.05, 4.69) is 15.5 Å². The number of nitrogens with zero attached hydrogens (tertiary/aromatic N) is 2. The van der Waals surface area contributed by atoms with Crippen LogP contribution in [0.4, 0.5) is 5.13 Å². The summed E-state index contributed by atoms with van der Waals surface area (Å²) in [6.07, 6.45) is 0.324. The molecule has 1 aromatic heterocycles. The number of carbonyl (C=O) groups is 1. The molecular weight excluding hydrogens is 320 g/mol. The van der Waals surface area contributed by atoms with Gasteiger partial charge in [-0.2, -0.15) is 0 Å². The number of carbonyl (C=O) groups excluding carboxylic acids is 1. The van der Waals surface area contributed by atoms with Crippen LogP contribution in [0.3, 0.4) is 0 Å². The van der Waals surface area contributed by atoms with Crippen molar-refractivity contribution in [2.24, 2.45) is 0 Å². The number of rotatable bonds is 5. The van der Waals surface area contributed by atoms with Gasteiger partial charge in [0.2, 0.25) is 11.0 Å². The number of amides is 1. The minimum atomic E-state index is -0.350. The fourth-order valence-corrected chi connectivity index (χ4v) is 3.18. The number of benzene rings is 2. The van der Waals surface area contributed by atoms with Crippen molar-refractivity contribution in [1.82, 2.24) is 15.5 Å². The topological polar surface area (TPSA) is 80.9 Å². The molecule has 3 rings (SSSR count). The highest BCUT2D eigenvalue weighted by atomic mass is 32.1. The summed E-state index contributed by atoms with van der Waals surface area (Å²) in [5.74, 6) is -0.0630. The molecule has 3 aromatic rings. The zero-order chi connectivity index (χ0) is 16.9. The molecule has 24 heavy (non-hydrogen) atoms. The van der Waals surface area contributed by atoms with E-state index in [1.807, 2.05) is 61.5 Å². The SMILES string of the molecule is Cc1ccccc1CC(=O)NC(c1ccccc1)c1nnc(N)s1. The molecule has 0 radical (unpaired) electrons. The van der Waals surface area contributed by atoms with Crippen molar-refractivity contribution in [3.8, 4) is 0 Å². The van der Waals surface area contributed by atoms with Crippen LogP contribution in [0.2, 0.25) is 0 Å². The Morgan fingerprint density at radius 1 is 1.12 bits per heavy atom. The molecule has 1 amide bonds. The van der Waals surface area contributed by atoms with E-state index in [-0.39, 0.29) is 11.9 Å². The number of aryl methyl sites for hydroxylation is 1. The van der Waals surface area contributed by atoms with E-state index in [4.69, 9.17) is 5.73 Å². The van der Waals surface area contributed by atoms with Crippen molar-refractivity contribution >= 4 is 22.4 Å². The van der Waals surface area contributed by atoms with Crippen molar-refractivity contribution < 1.29 is 4.79 Å². The van der Waals surface area contributed by atoms with E-state index < -0.39 is 0 Å². The van der Waals surface area contributed by atoms with E-state index >= 15 is 0 Å². The van der Waals surface area contributed by atoms with E-state index in [0.717, 1.165) is 16.7 Å². The van der Waals surface area contributed by atoms with E-state index in [1.54, 1.807) is 0 Å². The molecule has 0 aliphatic heterocycles. The zero-order valence-electron chi connectivity index (χ0n) is 13.3. The van der Waals surface area contributed by atoms with Crippen LogP contribution in [0.5, 0.6) is 0 Å². The number of aromatic nitrogens is 2. The first-order valence-corrected chi connectivity index (χ1v) is 8.43. The van der Waals surface area contributed by atoms with Crippen molar-refractivity contribution in [1.29, 1.82) is 0 Å². The number of anilines is 1. The van der Waals surface area contributed by atoms with Crippen LogP contribution in [0.15, 0.2) is 54.6 Å². The first kappa shape index (κ1) is 16.1. The Morgan fingerprint density at radius 2 is 1.83 bits per heavy atom. The van der Waals surface area contributed by atoms with Gasteiger partial charge >= 0.3 is 0 Å². The Morgan fingerprint density at radius 3 is 2.50 bits per heavy atom. The van der Waals surface area contributed by atoms with Crippen LogP contribution in [0.25, 0.3) is 0 Å². The Labute approximate surface area is 144 Å². The number of hydrogen-bond donors (Lipinski definition) is 2. The number of nitrogens with one attached hydrogen (secondary N) is 1. The monoisotopic (exact) mass is 338 g/mol. The lowest BCUT2D eigenvalue weighted by Crippen LogP contribution is -2.30. The fraction of sp³-hybridized carbons (Fsp3) is 0.167. The molecule has 0 saturated heterocycles. The molecule has 0 bridgehead atoms. The predicted octanol–water partition coefficient (Wildman–Crippen LogP) is 2.88. The summed E-state index contributed by atoms with van der Waals surface area (Å²) >= 11 is 1.28. The van der Waals surface area contributed by atoms with Gasteiger partial charge in [0.15, 0.2) is 0 Å². The van der Waals surface area contributed by atoms with E-state index in [0.29, 0.717) is 16.6 Å². The third kappa shape index (κ3) is 3.78. The minimum Gasteiger partial charge on any atom is -0.374 e. The lowest BCUT2D eigenvalue weighted by atomic mass is 10.0. The van der Waals surface area contributed by atoms with Gasteiger partial charge in [0, 0.05) is 0 Å². The van der Waals surface area contributed by atoms with Gasteiger partial charge < -0.3 is 11.1 Å². The molecule has 0 saturated carbocycles. The highest BCUT2D eigenvalue weighted by Gasteiger charge is 2.21. The molecule has 0 aliphatic carbocycles. The van der Waals surface area contributed by atoms with Gasteiger partial charge in [-0.05, 0) is 23.6 Å². The molecule has 0 aliphatic rings. The summed E-state index contributed by atoms with van der Waals surface area (Å²) in [6, 6.07) is 17.2. The molecule has 5 nitrogen and oxygen atoms in total. The summed E-state index contributed by atoms with van der Waals surface area (Å²) in [5, 5.41) is 12.1. The molecule has 122 valence electrons. The molecule has 1 atom stereocenters. The van der Waals surface area contributed by atoms with Gasteiger partial charge in [0.25, 0.3) is 0 Å². The third-order valence-corrected chi connectivity index (χ3v) is 4.57. The van der Waals surface area contributed by atoms with Crippen LogP contribution < -0.4 is 11.1 Å². The van der Waals surface area contributed by atoms with Crippen LogP contribution in [-0.2, 0) is 11.2 Å². The smallest absolute Gasteiger partial charge is 0.225 e. The Bertz CT molecular complexity index is 832. The first-order valence-electron chi connectivity index (χ1n) is 7.61. The third-order valence-electron chi connectivity index (χ3n) is 3.75. The van der Waals surface area contributed by atoms with Crippen LogP contribution in [0, 0.1) is 6.92 Å². The van der Waals surface area contributed by atoms with E-state index in [9.17, 15) is 4.79 Å². The molecule has 0 spiro atoms. The molecule has 6 heteroatoms. The second-order valence-electron chi connectivity index (χ2n) is 5.49. The van der Waals surface area contributed by atoms with Gasteiger partial charge in [0.05, 0.1) is 6.42 Å². The average Bonchev–Trinajstić information content (AvgIpc) is 3.02. The number of nitrogens with two attached hydrogens (primary N) is 1. The molecule has 2 aromatic carbocycles. The summed E-state index contributed by atoms with van der Waals surface area (Å²) < 4.78 is 0. The van der Waals surface area contributed by atoms with Gasteiger partial charge in [-0.1, -0.05) is 65.9 Å². The van der Waals surface area contributed by atoms with Gasteiger partial charge in [0.1, 0.15) is 11.0 Å². The maximum absolute atomic E-state index is 12.5. The van der Waals surface area contributed by atoms with Crippen molar-refractivity contribution in [3.05, 3.63) is 76.3 Å². The molecule has 1 heterocycles. The van der Waals surface area contributed by atoms with Crippen molar-refractivity contribution in [2.75, 3.05) is 5.73 Å². The second-order valence-corrected chi connectivity index (χ2v) is 6.53. The van der Waals surface area contributed by atoms with Crippen LogP contribution in [-0.4, -0.2) is 16.1 Å². The normalized spacial score (nSPS) is 11.9. The Balaban J connectivity index is 1.82.